The van der Waals surface area contributed by atoms with Crippen LogP contribution in [0.3, 0.4) is 0 Å². The van der Waals surface area contributed by atoms with Gasteiger partial charge in [-0.25, -0.2) is 0 Å². The molecule has 4 atom stereocenters. The summed E-state index contributed by atoms with van der Waals surface area (Å²) in [5.41, 5.74) is 10.5. The van der Waals surface area contributed by atoms with E-state index in [-0.39, 0.29) is 0 Å². The molecule has 0 aromatic carbocycles. The van der Waals surface area contributed by atoms with E-state index in [4.69, 9.17) is 11.5 Å². The number of carbonyl (C=O) groups excluding carboxylic acids is 1. The van der Waals surface area contributed by atoms with Crippen LogP contribution in [0.5, 0.6) is 0 Å². The molecule has 0 radical (unpaired) electrons. The van der Waals surface area contributed by atoms with Gasteiger partial charge in [-0.1, -0.05) is 0 Å². The third kappa shape index (κ3) is 3.32. The molecule has 116 valence electrons. The molecule has 4 unspecified atom stereocenters. The standard InChI is InChI=1S/C15H30N4O/c1-11(9-15(2,17)14(16)20)19-8-6-13-12(10-19)5-4-7-18(13)3/h11-13H,4-10,17H2,1-3H3,(H2,16,20). The highest BCUT2D eigenvalue weighted by Gasteiger charge is 2.37. The maximum absolute atomic E-state index is 11.4. The summed E-state index contributed by atoms with van der Waals surface area (Å²) in [6, 6.07) is 1.05. The summed E-state index contributed by atoms with van der Waals surface area (Å²) in [6.07, 6.45) is 4.49. The third-order valence-corrected chi connectivity index (χ3v) is 5.28. The quantitative estimate of drug-likeness (QED) is 0.782. The van der Waals surface area contributed by atoms with E-state index in [1.54, 1.807) is 6.92 Å². The lowest BCUT2D eigenvalue weighted by molar-refractivity contribution is -0.123. The average Bonchev–Trinajstić information content (AvgIpc) is 2.38. The number of likely N-dealkylation sites (tertiary alicyclic amines) is 2. The molecule has 2 aliphatic heterocycles. The first kappa shape index (κ1) is 15.7. The zero-order chi connectivity index (χ0) is 14.9. The third-order valence-electron chi connectivity index (χ3n) is 5.28. The van der Waals surface area contributed by atoms with Crippen molar-refractivity contribution in [1.82, 2.24) is 9.80 Å². The maximum atomic E-state index is 11.4. The minimum Gasteiger partial charge on any atom is -0.368 e. The molecule has 0 spiro atoms. The number of carbonyl (C=O) groups is 1. The van der Waals surface area contributed by atoms with Gasteiger partial charge >= 0.3 is 0 Å². The van der Waals surface area contributed by atoms with Crippen molar-refractivity contribution in [2.75, 3.05) is 26.7 Å². The molecule has 5 nitrogen and oxygen atoms in total. The Hall–Kier alpha value is -0.650. The molecule has 4 N–H and O–H groups in total. The van der Waals surface area contributed by atoms with Crippen LogP contribution >= 0.6 is 0 Å². The Balaban J connectivity index is 1.93. The summed E-state index contributed by atoms with van der Waals surface area (Å²) in [4.78, 5) is 16.4. The molecule has 20 heavy (non-hydrogen) atoms. The summed E-state index contributed by atoms with van der Waals surface area (Å²) >= 11 is 0. The van der Waals surface area contributed by atoms with Gasteiger partial charge in [-0.05, 0) is 65.6 Å². The molecule has 2 aliphatic rings. The summed E-state index contributed by atoms with van der Waals surface area (Å²) in [5.74, 6) is 0.360. The lowest BCUT2D eigenvalue weighted by Crippen LogP contribution is -2.57. The molecule has 5 heteroatoms. The number of piperidine rings is 2. The van der Waals surface area contributed by atoms with Crippen LogP contribution in [0.25, 0.3) is 0 Å². The number of nitrogens with two attached hydrogens (primary N) is 2. The van der Waals surface area contributed by atoms with E-state index in [1.165, 1.54) is 25.8 Å². The van der Waals surface area contributed by atoms with Gasteiger partial charge in [0.1, 0.15) is 0 Å². The summed E-state index contributed by atoms with van der Waals surface area (Å²) in [7, 11) is 2.25. The van der Waals surface area contributed by atoms with Crippen LogP contribution < -0.4 is 11.5 Å². The van der Waals surface area contributed by atoms with E-state index in [0.717, 1.165) is 25.0 Å². The highest BCUT2D eigenvalue weighted by molar-refractivity contribution is 5.83. The van der Waals surface area contributed by atoms with Crippen molar-refractivity contribution in [3.05, 3.63) is 0 Å². The van der Waals surface area contributed by atoms with Crippen molar-refractivity contribution < 1.29 is 4.79 Å². The number of fused-ring (bicyclic) bond motifs is 1. The van der Waals surface area contributed by atoms with E-state index >= 15 is 0 Å². The predicted octanol–water partition coefficient (Wildman–Crippen LogP) is 0.384. The van der Waals surface area contributed by atoms with Crippen molar-refractivity contribution in [2.45, 2.75) is 57.2 Å². The van der Waals surface area contributed by atoms with Crippen LogP contribution in [0.15, 0.2) is 0 Å². The molecule has 0 bridgehead atoms. The van der Waals surface area contributed by atoms with E-state index in [0.29, 0.717) is 12.5 Å². The van der Waals surface area contributed by atoms with Gasteiger partial charge in [-0.3, -0.25) is 4.79 Å². The Labute approximate surface area is 122 Å². The van der Waals surface area contributed by atoms with Crippen molar-refractivity contribution in [1.29, 1.82) is 0 Å². The molecule has 2 fully saturated rings. The predicted molar refractivity (Wildman–Crippen MR) is 81.2 cm³/mol. The molecule has 0 aromatic heterocycles. The fourth-order valence-electron chi connectivity index (χ4n) is 3.92. The van der Waals surface area contributed by atoms with Crippen molar-refractivity contribution in [3.8, 4) is 0 Å². The highest BCUT2D eigenvalue weighted by Crippen LogP contribution is 2.31. The van der Waals surface area contributed by atoms with Gasteiger partial charge in [-0.2, -0.15) is 0 Å². The lowest BCUT2D eigenvalue weighted by atomic mass is 9.83. The maximum Gasteiger partial charge on any atom is 0.237 e. The fourth-order valence-corrected chi connectivity index (χ4v) is 3.92. The summed E-state index contributed by atoms with van der Waals surface area (Å²) in [5, 5.41) is 0. The van der Waals surface area contributed by atoms with Crippen LogP contribution in [-0.4, -0.2) is 60.0 Å². The zero-order valence-electron chi connectivity index (χ0n) is 13.1. The largest absolute Gasteiger partial charge is 0.368 e. The van der Waals surface area contributed by atoms with Gasteiger partial charge < -0.3 is 21.3 Å². The number of hydrogen-bond acceptors (Lipinski definition) is 4. The second-order valence-electron chi connectivity index (χ2n) is 7.07. The molecular formula is C15H30N4O. The molecule has 0 aromatic rings. The van der Waals surface area contributed by atoms with Crippen LogP contribution in [0.1, 0.15) is 39.5 Å². The second-order valence-corrected chi connectivity index (χ2v) is 7.07. The van der Waals surface area contributed by atoms with Crippen LogP contribution in [0, 0.1) is 5.92 Å². The first-order valence-corrected chi connectivity index (χ1v) is 7.84. The first-order valence-electron chi connectivity index (χ1n) is 7.84. The average molecular weight is 282 g/mol. The van der Waals surface area contributed by atoms with Gasteiger partial charge in [0.15, 0.2) is 0 Å². The SMILES string of the molecule is CC(CC(C)(N)C(N)=O)N1CCC2C(CCCN2C)C1. The molecule has 2 saturated heterocycles. The smallest absolute Gasteiger partial charge is 0.237 e. The van der Waals surface area contributed by atoms with Crippen LogP contribution in [0.2, 0.25) is 0 Å². The molecule has 0 saturated carbocycles. The van der Waals surface area contributed by atoms with E-state index in [1.807, 2.05) is 0 Å². The molecule has 2 heterocycles. The van der Waals surface area contributed by atoms with Gasteiger partial charge in [0, 0.05) is 18.6 Å². The van der Waals surface area contributed by atoms with E-state index < -0.39 is 11.4 Å². The van der Waals surface area contributed by atoms with E-state index in [2.05, 4.69) is 23.8 Å². The lowest BCUT2D eigenvalue weighted by Gasteiger charge is -2.48. The number of nitrogens with zero attached hydrogens (tertiary/aromatic N) is 2. The van der Waals surface area contributed by atoms with Gasteiger partial charge in [0.2, 0.25) is 5.91 Å². The van der Waals surface area contributed by atoms with Gasteiger partial charge in [0.05, 0.1) is 5.54 Å². The van der Waals surface area contributed by atoms with Gasteiger partial charge in [-0.15, -0.1) is 0 Å². The number of amides is 1. The topological polar surface area (TPSA) is 75.6 Å². The Morgan fingerprint density at radius 3 is 2.75 bits per heavy atom. The molecular weight excluding hydrogens is 252 g/mol. The monoisotopic (exact) mass is 282 g/mol. The molecule has 2 rings (SSSR count). The summed E-state index contributed by atoms with van der Waals surface area (Å²) < 4.78 is 0. The molecule has 1 amide bonds. The minimum absolute atomic E-state index is 0.311. The minimum atomic E-state index is -0.903. The Bertz CT molecular complexity index is 358. The van der Waals surface area contributed by atoms with Crippen LogP contribution in [0.4, 0.5) is 0 Å². The first-order chi connectivity index (χ1) is 9.31. The zero-order valence-corrected chi connectivity index (χ0v) is 13.1. The Morgan fingerprint density at radius 1 is 1.40 bits per heavy atom. The Morgan fingerprint density at radius 2 is 2.10 bits per heavy atom. The van der Waals surface area contributed by atoms with Crippen molar-refractivity contribution >= 4 is 5.91 Å². The van der Waals surface area contributed by atoms with Crippen LogP contribution in [-0.2, 0) is 4.79 Å². The number of hydrogen-bond donors (Lipinski definition) is 2. The normalized spacial score (nSPS) is 33.2. The van der Waals surface area contributed by atoms with E-state index in [9.17, 15) is 4.79 Å². The highest BCUT2D eigenvalue weighted by atomic mass is 16.1. The van der Waals surface area contributed by atoms with Gasteiger partial charge in [0.25, 0.3) is 0 Å². The number of rotatable bonds is 4. The Kier molecular flexibility index (Phi) is 4.72. The molecule has 0 aliphatic carbocycles. The second kappa shape index (κ2) is 6.00. The van der Waals surface area contributed by atoms with Crippen molar-refractivity contribution in [3.63, 3.8) is 0 Å². The fraction of sp³-hybridized carbons (Fsp3) is 0.933. The number of primary amides is 1. The summed E-state index contributed by atoms with van der Waals surface area (Å²) in [6.45, 7) is 7.37. The van der Waals surface area contributed by atoms with Crippen molar-refractivity contribution in [2.24, 2.45) is 17.4 Å².